The van der Waals surface area contributed by atoms with Crippen molar-refractivity contribution in [3.63, 3.8) is 0 Å². The summed E-state index contributed by atoms with van der Waals surface area (Å²) in [6, 6.07) is 3.61. The van der Waals surface area contributed by atoms with Crippen molar-refractivity contribution in [2.24, 2.45) is 0 Å². The summed E-state index contributed by atoms with van der Waals surface area (Å²) in [7, 11) is 1.52. The van der Waals surface area contributed by atoms with E-state index >= 15 is 0 Å². The number of rotatable bonds is 5. The largest absolute Gasteiger partial charge is 0.495 e. The Bertz CT molecular complexity index is 830. The summed E-state index contributed by atoms with van der Waals surface area (Å²) >= 11 is 13.7. The second-order valence-electron chi connectivity index (χ2n) is 6.18. The van der Waals surface area contributed by atoms with Crippen LogP contribution in [0.4, 0.5) is 0 Å². The summed E-state index contributed by atoms with van der Waals surface area (Å²) in [4.78, 5) is 24.6. The normalized spacial score (nSPS) is 15.0. The number of hydrogen-bond acceptors (Lipinski definition) is 5. The van der Waals surface area contributed by atoms with Gasteiger partial charge in [-0.2, -0.15) is 0 Å². The molecule has 140 valence electrons. The maximum Gasteiger partial charge on any atom is 0.350 e. The van der Waals surface area contributed by atoms with Gasteiger partial charge in [-0.25, -0.2) is 4.79 Å². The minimum absolute atomic E-state index is 0.175. The molecule has 1 amide bonds. The smallest absolute Gasteiger partial charge is 0.350 e. The van der Waals surface area contributed by atoms with Crippen LogP contribution in [-0.4, -0.2) is 31.6 Å². The van der Waals surface area contributed by atoms with Crippen LogP contribution in [0.15, 0.2) is 12.1 Å². The highest BCUT2D eigenvalue weighted by Gasteiger charge is 2.23. The SMILES string of the molecule is COc1ccc2c(Cl)c(C(=O)OCC(=O)NC3CCCCC3)sc2c1Cl. The summed E-state index contributed by atoms with van der Waals surface area (Å²) in [5.74, 6) is -0.420. The van der Waals surface area contributed by atoms with Gasteiger partial charge in [0.25, 0.3) is 5.91 Å². The van der Waals surface area contributed by atoms with E-state index in [4.69, 9.17) is 32.7 Å². The Hall–Kier alpha value is -1.50. The fraction of sp³-hybridized carbons (Fsp3) is 0.444. The van der Waals surface area contributed by atoms with Crippen LogP contribution in [0, 0.1) is 0 Å². The number of ether oxygens (including phenoxy) is 2. The number of amides is 1. The number of fused-ring (bicyclic) bond motifs is 1. The molecule has 5 nitrogen and oxygen atoms in total. The summed E-state index contributed by atoms with van der Waals surface area (Å²) in [5.41, 5.74) is 0. The molecule has 0 bridgehead atoms. The zero-order valence-corrected chi connectivity index (χ0v) is 16.6. The maximum absolute atomic E-state index is 12.3. The number of hydrogen-bond donors (Lipinski definition) is 1. The number of esters is 1. The molecule has 0 unspecified atom stereocenters. The Morgan fingerprint density at radius 3 is 2.62 bits per heavy atom. The van der Waals surface area contributed by atoms with Crippen LogP contribution in [0.25, 0.3) is 10.1 Å². The molecule has 1 fully saturated rings. The number of carbonyl (C=O) groups excluding carboxylic acids is 2. The Balaban J connectivity index is 1.66. The third kappa shape index (κ3) is 4.08. The molecule has 0 saturated heterocycles. The second-order valence-corrected chi connectivity index (χ2v) is 7.96. The number of thiophene rings is 1. The molecule has 2 aromatic rings. The zero-order chi connectivity index (χ0) is 18.7. The number of halogens is 2. The van der Waals surface area contributed by atoms with E-state index in [0.29, 0.717) is 20.9 Å². The molecule has 1 aliphatic rings. The average molecular weight is 416 g/mol. The molecule has 0 spiro atoms. The van der Waals surface area contributed by atoms with Crippen LogP contribution in [-0.2, 0) is 9.53 Å². The van der Waals surface area contributed by atoms with Gasteiger partial charge in [0, 0.05) is 11.4 Å². The third-order valence-electron chi connectivity index (χ3n) is 4.41. The van der Waals surface area contributed by atoms with Gasteiger partial charge in [-0.15, -0.1) is 11.3 Å². The summed E-state index contributed by atoms with van der Waals surface area (Å²) < 4.78 is 11.0. The minimum Gasteiger partial charge on any atom is -0.495 e. The highest BCUT2D eigenvalue weighted by molar-refractivity contribution is 7.22. The molecule has 1 N–H and O–H groups in total. The zero-order valence-electron chi connectivity index (χ0n) is 14.3. The van der Waals surface area contributed by atoms with E-state index in [9.17, 15) is 9.59 Å². The summed E-state index contributed by atoms with van der Waals surface area (Å²) in [5, 5.41) is 4.23. The molecule has 1 heterocycles. The van der Waals surface area contributed by atoms with Crippen molar-refractivity contribution >= 4 is 56.5 Å². The van der Waals surface area contributed by atoms with Gasteiger partial charge in [-0.1, -0.05) is 42.5 Å². The molecule has 0 aliphatic heterocycles. The highest BCUT2D eigenvalue weighted by Crippen LogP contribution is 2.43. The number of nitrogens with one attached hydrogen (secondary N) is 1. The predicted octanol–water partition coefficient (Wildman–Crippen LogP) is 4.82. The standard InChI is InChI=1S/C18H19Cl2NO4S/c1-24-12-8-7-11-14(19)17(26-16(11)15(12)20)18(23)25-9-13(22)21-10-5-3-2-4-6-10/h7-8,10H,2-6,9H2,1H3,(H,21,22). The topological polar surface area (TPSA) is 64.6 Å². The molecule has 8 heteroatoms. The summed E-state index contributed by atoms with van der Waals surface area (Å²) in [6.45, 7) is -0.322. The molecule has 1 aliphatic carbocycles. The van der Waals surface area contributed by atoms with Gasteiger partial charge < -0.3 is 14.8 Å². The Labute approximate surface area is 165 Å². The van der Waals surface area contributed by atoms with Crippen molar-refractivity contribution in [3.05, 3.63) is 27.1 Å². The van der Waals surface area contributed by atoms with Crippen LogP contribution in [0.1, 0.15) is 41.8 Å². The van der Waals surface area contributed by atoms with Gasteiger partial charge in [0.1, 0.15) is 15.6 Å². The van der Waals surface area contributed by atoms with Crippen molar-refractivity contribution in [2.75, 3.05) is 13.7 Å². The lowest BCUT2D eigenvalue weighted by molar-refractivity contribution is -0.125. The first-order valence-electron chi connectivity index (χ1n) is 8.42. The van der Waals surface area contributed by atoms with E-state index in [1.807, 2.05) is 0 Å². The third-order valence-corrected chi connectivity index (χ3v) is 6.61. The lowest BCUT2D eigenvalue weighted by Gasteiger charge is -2.22. The number of benzene rings is 1. The van der Waals surface area contributed by atoms with E-state index in [2.05, 4.69) is 5.32 Å². The molecule has 1 saturated carbocycles. The van der Waals surface area contributed by atoms with E-state index in [1.165, 1.54) is 13.5 Å². The van der Waals surface area contributed by atoms with Gasteiger partial charge in [0.05, 0.1) is 16.8 Å². The molecule has 1 aromatic carbocycles. The fourth-order valence-electron chi connectivity index (χ4n) is 3.08. The molecule has 3 rings (SSSR count). The van der Waals surface area contributed by atoms with Gasteiger partial charge in [-0.3, -0.25) is 4.79 Å². The van der Waals surface area contributed by atoms with Crippen molar-refractivity contribution in [2.45, 2.75) is 38.1 Å². The lowest BCUT2D eigenvalue weighted by atomic mass is 9.95. The van der Waals surface area contributed by atoms with Crippen LogP contribution >= 0.6 is 34.5 Å². The number of carbonyl (C=O) groups is 2. The van der Waals surface area contributed by atoms with Crippen LogP contribution < -0.4 is 10.1 Å². The molecular formula is C18H19Cl2NO4S. The first-order valence-corrected chi connectivity index (χ1v) is 9.99. The first-order chi connectivity index (χ1) is 12.5. The monoisotopic (exact) mass is 415 g/mol. The van der Waals surface area contributed by atoms with Gasteiger partial charge in [0.15, 0.2) is 6.61 Å². The van der Waals surface area contributed by atoms with E-state index in [-0.39, 0.29) is 28.5 Å². The van der Waals surface area contributed by atoms with E-state index in [0.717, 1.165) is 37.0 Å². The first kappa shape index (κ1) is 19.3. The van der Waals surface area contributed by atoms with Crippen molar-refractivity contribution in [3.8, 4) is 5.75 Å². The quantitative estimate of drug-likeness (QED) is 0.710. The highest BCUT2D eigenvalue weighted by atomic mass is 35.5. The lowest BCUT2D eigenvalue weighted by Crippen LogP contribution is -2.38. The van der Waals surface area contributed by atoms with E-state index < -0.39 is 5.97 Å². The Morgan fingerprint density at radius 1 is 1.19 bits per heavy atom. The predicted molar refractivity (Wildman–Crippen MR) is 104 cm³/mol. The maximum atomic E-state index is 12.3. The Morgan fingerprint density at radius 2 is 1.92 bits per heavy atom. The molecule has 0 atom stereocenters. The van der Waals surface area contributed by atoms with Crippen molar-refractivity contribution < 1.29 is 19.1 Å². The second kappa shape index (κ2) is 8.46. The van der Waals surface area contributed by atoms with Crippen LogP contribution in [0.3, 0.4) is 0 Å². The van der Waals surface area contributed by atoms with Crippen molar-refractivity contribution in [1.29, 1.82) is 0 Å². The summed E-state index contributed by atoms with van der Waals surface area (Å²) in [6.07, 6.45) is 5.39. The van der Waals surface area contributed by atoms with Crippen LogP contribution in [0.5, 0.6) is 5.75 Å². The Kier molecular flexibility index (Phi) is 6.27. The van der Waals surface area contributed by atoms with Gasteiger partial charge >= 0.3 is 5.97 Å². The van der Waals surface area contributed by atoms with Crippen LogP contribution in [0.2, 0.25) is 10.0 Å². The average Bonchev–Trinajstić information content (AvgIpc) is 2.99. The van der Waals surface area contributed by atoms with E-state index in [1.54, 1.807) is 12.1 Å². The molecule has 26 heavy (non-hydrogen) atoms. The fourth-order valence-corrected chi connectivity index (χ4v) is 4.86. The minimum atomic E-state index is -0.634. The molecule has 1 aromatic heterocycles. The molecule has 0 radical (unpaired) electrons. The molecular weight excluding hydrogens is 397 g/mol. The van der Waals surface area contributed by atoms with Crippen molar-refractivity contribution in [1.82, 2.24) is 5.32 Å². The van der Waals surface area contributed by atoms with Gasteiger partial charge in [-0.05, 0) is 25.0 Å². The van der Waals surface area contributed by atoms with Gasteiger partial charge in [0.2, 0.25) is 0 Å². The number of methoxy groups -OCH3 is 1.